The molecule has 1 aromatic heterocycles. The predicted molar refractivity (Wildman–Crippen MR) is 92.9 cm³/mol. The van der Waals surface area contributed by atoms with E-state index in [1.165, 1.54) is 0 Å². The van der Waals surface area contributed by atoms with Gasteiger partial charge in [-0.15, -0.1) is 0 Å². The lowest BCUT2D eigenvalue weighted by atomic mass is 10.1. The second kappa shape index (κ2) is 8.29. The standard InChI is InChI=1S/C18H24N4O2/c1-13-6-5-7-14(2)17(13)24-12-15(3)21-18(23)22(4)11-16-10-19-8-9-20-16/h5-10,15H,11-12H2,1-4H3,(H,21,23)/t15-/m1/s1. The van der Waals surface area contributed by atoms with Crippen LogP contribution in [0.4, 0.5) is 4.79 Å². The maximum atomic E-state index is 12.2. The van der Waals surface area contributed by atoms with Gasteiger partial charge in [0.15, 0.2) is 0 Å². The molecule has 0 aliphatic carbocycles. The van der Waals surface area contributed by atoms with Crippen molar-refractivity contribution in [1.82, 2.24) is 20.2 Å². The van der Waals surface area contributed by atoms with E-state index in [1.54, 1.807) is 30.5 Å². The Morgan fingerprint density at radius 3 is 2.62 bits per heavy atom. The molecule has 0 saturated carbocycles. The summed E-state index contributed by atoms with van der Waals surface area (Å²) < 4.78 is 5.87. The van der Waals surface area contributed by atoms with Crippen LogP contribution in [0.25, 0.3) is 0 Å². The summed E-state index contributed by atoms with van der Waals surface area (Å²) in [6.45, 7) is 6.77. The van der Waals surface area contributed by atoms with Crippen LogP contribution in [0.1, 0.15) is 23.7 Å². The molecule has 128 valence electrons. The zero-order valence-corrected chi connectivity index (χ0v) is 14.6. The number of hydrogen-bond donors (Lipinski definition) is 1. The lowest BCUT2D eigenvalue weighted by molar-refractivity contribution is 0.194. The molecule has 1 N–H and O–H groups in total. The highest BCUT2D eigenvalue weighted by atomic mass is 16.5. The van der Waals surface area contributed by atoms with Crippen molar-refractivity contribution in [1.29, 1.82) is 0 Å². The second-order valence-corrected chi connectivity index (χ2v) is 5.94. The van der Waals surface area contributed by atoms with E-state index < -0.39 is 0 Å². The summed E-state index contributed by atoms with van der Waals surface area (Å²) in [7, 11) is 1.73. The minimum absolute atomic E-state index is 0.110. The van der Waals surface area contributed by atoms with Gasteiger partial charge in [0.2, 0.25) is 0 Å². The number of carbonyl (C=O) groups is 1. The average Bonchev–Trinajstić information content (AvgIpc) is 2.55. The van der Waals surface area contributed by atoms with E-state index in [1.807, 2.05) is 39.0 Å². The molecule has 0 aliphatic heterocycles. The van der Waals surface area contributed by atoms with Crippen LogP contribution < -0.4 is 10.1 Å². The molecular formula is C18H24N4O2. The maximum Gasteiger partial charge on any atom is 0.317 e. The van der Waals surface area contributed by atoms with E-state index >= 15 is 0 Å². The first kappa shape index (κ1) is 17.7. The van der Waals surface area contributed by atoms with Crippen molar-refractivity contribution in [2.75, 3.05) is 13.7 Å². The van der Waals surface area contributed by atoms with Gasteiger partial charge in [-0.2, -0.15) is 0 Å². The third kappa shape index (κ3) is 4.94. The molecule has 2 aromatic rings. The largest absolute Gasteiger partial charge is 0.491 e. The first-order chi connectivity index (χ1) is 11.5. The minimum atomic E-state index is -0.168. The number of aromatic nitrogens is 2. The van der Waals surface area contributed by atoms with E-state index in [0.717, 1.165) is 22.6 Å². The van der Waals surface area contributed by atoms with E-state index in [9.17, 15) is 4.79 Å². The molecule has 6 nitrogen and oxygen atoms in total. The molecule has 6 heteroatoms. The molecular weight excluding hydrogens is 304 g/mol. The maximum absolute atomic E-state index is 12.2. The number of ether oxygens (including phenoxy) is 1. The number of amides is 2. The fourth-order valence-electron chi connectivity index (χ4n) is 2.32. The van der Waals surface area contributed by atoms with Crippen LogP contribution in [0.15, 0.2) is 36.8 Å². The molecule has 1 aromatic carbocycles. The van der Waals surface area contributed by atoms with Crippen molar-refractivity contribution in [3.8, 4) is 5.75 Å². The summed E-state index contributed by atoms with van der Waals surface area (Å²) in [5, 5.41) is 2.92. The Balaban J connectivity index is 1.83. The number of carbonyl (C=O) groups excluding carboxylic acids is 1. The summed E-state index contributed by atoms with van der Waals surface area (Å²) in [4.78, 5) is 21.9. The molecule has 0 saturated heterocycles. The Kier molecular flexibility index (Phi) is 6.12. The number of nitrogens with zero attached hydrogens (tertiary/aromatic N) is 3. The summed E-state index contributed by atoms with van der Waals surface area (Å²) in [6.07, 6.45) is 4.87. The van der Waals surface area contributed by atoms with Crippen molar-refractivity contribution in [2.45, 2.75) is 33.4 Å². The molecule has 0 fully saturated rings. The average molecular weight is 328 g/mol. The molecule has 1 atom stereocenters. The van der Waals surface area contributed by atoms with Gasteiger partial charge in [0, 0.05) is 19.4 Å². The molecule has 0 spiro atoms. The minimum Gasteiger partial charge on any atom is -0.491 e. The molecule has 2 rings (SSSR count). The van der Waals surface area contributed by atoms with Crippen molar-refractivity contribution < 1.29 is 9.53 Å². The van der Waals surface area contributed by atoms with Crippen molar-refractivity contribution in [3.63, 3.8) is 0 Å². The van der Waals surface area contributed by atoms with Crippen molar-refractivity contribution >= 4 is 6.03 Å². The Hall–Kier alpha value is -2.63. The Bertz CT molecular complexity index is 656. The highest BCUT2D eigenvalue weighted by Crippen LogP contribution is 2.22. The number of urea groups is 1. The zero-order chi connectivity index (χ0) is 17.5. The summed E-state index contributed by atoms with van der Waals surface area (Å²) in [6, 6.07) is 5.75. The Labute approximate surface area is 142 Å². The van der Waals surface area contributed by atoms with Crippen LogP contribution in [-0.2, 0) is 6.54 Å². The number of rotatable bonds is 6. The third-order valence-electron chi connectivity index (χ3n) is 3.62. The number of benzene rings is 1. The lowest BCUT2D eigenvalue weighted by Gasteiger charge is -2.22. The number of para-hydroxylation sites is 1. The summed E-state index contributed by atoms with van der Waals surface area (Å²) >= 11 is 0. The van der Waals surface area contributed by atoms with E-state index in [2.05, 4.69) is 15.3 Å². The highest BCUT2D eigenvalue weighted by Gasteiger charge is 2.14. The number of hydrogen-bond acceptors (Lipinski definition) is 4. The monoisotopic (exact) mass is 328 g/mol. The number of aryl methyl sites for hydroxylation is 2. The molecule has 24 heavy (non-hydrogen) atoms. The topological polar surface area (TPSA) is 67.3 Å². The van der Waals surface area contributed by atoms with Crippen LogP contribution >= 0.6 is 0 Å². The van der Waals surface area contributed by atoms with Crippen LogP contribution in [0.3, 0.4) is 0 Å². The fourth-order valence-corrected chi connectivity index (χ4v) is 2.32. The van der Waals surface area contributed by atoms with Gasteiger partial charge >= 0.3 is 6.03 Å². The second-order valence-electron chi connectivity index (χ2n) is 5.94. The molecule has 0 unspecified atom stereocenters. The first-order valence-electron chi connectivity index (χ1n) is 7.93. The lowest BCUT2D eigenvalue weighted by Crippen LogP contribution is -2.44. The molecule has 1 heterocycles. The van der Waals surface area contributed by atoms with Crippen LogP contribution in [0.2, 0.25) is 0 Å². The summed E-state index contributed by atoms with van der Waals surface area (Å²) in [5.74, 6) is 0.881. The van der Waals surface area contributed by atoms with Gasteiger partial charge in [0.25, 0.3) is 0 Å². The Morgan fingerprint density at radius 1 is 1.29 bits per heavy atom. The third-order valence-corrected chi connectivity index (χ3v) is 3.62. The van der Waals surface area contributed by atoms with E-state index in [0.29, 0.717) is 13.2 Å². The van der Waals surface area contributed by atoms with Gasteiger partial charge in [-0.25, -0.2) is 4.79 Å². The van der Waals surface area contributed by atoms with E-state index in [-0.39, 0.29) is 12.1 Å². The van der Waals surface area contributed by atoms with Gasteiger partial charge in [0.05, 0.1) is 24.5 Å². The summed E-state index contributed by atoms with van der Waals surface area (Å²) in [5.41, 5.74) is 2.93. The highest BCUT2D eigenvalue weighted by molar-refractivity contribution is 5.74. The fraction of sp³-hybridized carbons (Fsp3) is 0.389. The quantitative estimate of drug-likeness (QED) is 0.885. The SMILES string of the molecule is Cc1cccc(C)c1OC[C@@H](C)NC(=O)N(C)Cc1cnccn1. The molecule has 0 aliphatic rings. The van der Waals surface area contributed by atoms with Crippen LogP contribution in [0.5, 0.6) is 5.75 Å². The molecule has 0 radical (unpaired) electrons. The normalized spacial score (nSPS) is 11.7. The van der Waals surface area contributed by atoms with Gasteiger partial charge < -0.3 is 15.0 Å². The van der Waals surface area contributed by atoms with E-state index in [4.69, 9.17) is 4.74 Å². The Morgan fingerprint density at radius 2 is 2.00 bits per heavy atom. The van der Waals surface area contributed by atoms with Crippen LogP contribution in [-0.4, -0.2) is 40.6 Å². The number of nitrogens with one attached hydrogen (secondary N) is 1. The predicted octanol–water partition coefficient (Wildman–Crippen LogP) is 2.70. The smallest absolute Gasteiger partial charge is 0.317 e. The van der Waals surface area contributed by atoms with Gasteiger partial charge in [-0.05, 0) is 31.9 Å². The zero-order valence-electron chi connectivity index (χ0n) is 14.6. The van der Waals surface area contributed by atoms with Crippen molar-refractivity contribution in [3.05, 3.63) is 53.6 Å². The van der Waals surface area contributed by atoms with Crippen molar-refractivity contribution in [2.24, 2.45) is 0 Å². The van der Waals surface area contributed by atoms with Gasteiger partial charge in [0.1, 0.15) is 12.4 Å². The van der Waals surface area contributed by atoms with Gasteiger partial charge in [-0.3, -0.25) is 9.97 Å². The molecule has 2 amide bonds. The first-order valence-corrected chi connectivity index (χ1v) is 7.93. The molecule has 0 bridgehead atoms. The van der Waals surface area contributed by atoms with Gasteiger partial charge in [-0.1, -0.05) is 18.2 Å². The van der Waals surface area contributed by atoms with Crippen LogP contribution in [0, 0.1) is 13.8 Å².